The van der Waals surface area contributed by atoms with Crippen LogP contribution in [0.15, 0.2) is 53.5 Å². The Hall–Kier alpha value is -4.18. The summed E-state index contributed by atoms with van der Waals surface area (Å²) in [5, 5.41) is 11.7. The third-order valence-corrected chi connectivity index (χ3v) is 5.47. The van der Waals surface area contributed by atoms with Gasteiger partial charge in [-0.3, -0.25) is 19.4 Å². The highest BCUT2D eigenvalue weighted by Gasteiger charge is 2.18. The number of hydrogen-bond donors (Lipinski definition) is 2. The maximum absolute atomic E-state index is 13.1. The van der Waals surface area contributed by atoms with Gasteiger partial charge in [-0.1, -0.05) is 12.1 Å². The molecule has 0 atom stereocenters. The molecule has 10 nitrogen and oxygen atoms in total. The lowest BCUT2D eigenvalue weighted by Crippen LogP contribution is -2.35. The highest BCUT2D eigenvalue weighted by atomic mass is 16.7. The number of ether oxygens (including phenoxy) is 3. The van der Waals surface area contributed by atoms with Crippen LogP contribution in [-0.4, -0.2) is 40.4 Å². The van der Waals surface area contributed by atoms with Gasteiger partial charge in [0.05, 0.1) is 17.6 Å². The van der Waals surface area contributed by atoms with Crippen molar-refractivity contribution in [3.05, 3.63) is 75.6 Å². The zero-order valence-electron chi connectivity index (χ0n) is 17.8. The fourth-order valence-electron chi connectivity index (χ4n) is 3.79. The monoisotopic (exact) mass is 447 g/mol. The van der Waals surface area contributed by atoms with E-state index >= 15 is 0 Å². The average Bonchev–Trinajstić information content (AvgIpc) is 3.30. The van der Waals surface area contributed by atoms with E-state index in [-0.39, 0.29) is 41.9 Å². The number of methoxy groups -OCH3 is 1. The van der Waals surface area contributed by atoms with Gasteiger partial charge in [0.2, 0.25) is 6.79 Å². The van der Waals surface area contributed by atoms with Crippen molar-refractivity contribution in [2.45, 2.75) is 13.1 Å². The van der Waals surface area contributed by atoms with E-state index in [1.165, 1.54) is 15.0 Å². The summed E-state index contributed by atoms with van der Waals surface area (Å²) >= 11 is 0. The predicted molar refractivity (Wildman–Crippen MR) is 118 cm³/mol. The summed E-state index contributed by atoms with van der Waals surface area (Å²) in [6, 6.07) is 12.1. The molecule has 0 spiro atoms. The lowest BCUT2D eigenvalue weighted by Gasteiger charge is -2.14. The Bertz CT molecular complexity index is 1510. The molecule has 4 heterocycles. The summed E-state index contributed by atoms with van der Waals surface area (Å²) in [4.78, 5) is 30.8. The van der Waals surface area contributed by atoms with Crippen molar-refractivity contribution in [2.24, 2.45) is 0 Å². The van der Waals surface area contributed by atoms with Crippen molar-refractivity contribution in [3.63, 3.8) is 0 Å². The topological polar surface area (TPSA) is 120 Å². The van der Waals surface area contributed by atoms with Crippen molar-refractivity contribution >= 4 is 22.6 Å². The van der Waals surface area contributed by atoms with Crippen molar-refractivity contribution in [1.82, 2.24) is 19.3 Å². The van der Waals surface area contributed by atoms with Gasteiger partial charge in [-0.2, -0.15) is 0 Å². The quantitative estimate of drug-likeness (QED) is 0.432. The van der Waals surface area contributed by atoms with Crippen LogP contribution < -0.4 is 25.8 Å². The Morgan fingerprint density at radius 3 is 2.91 bits per heavy atom. The molecule has 0 fully saturated rings. The first-order chi connectivity index (χ1) is 16.1. The fourth-order valence-corrected chi connectivity index (χ4v) is 3.79. The minimum Gasteiger partial charge on any atom is -0.454 e. The second kappa shape index (κ2) is 8.40. The van der Waals surface area contributed by atoms with E-state index < -0.39 is 5.91 Å². The van der Waals surface area contributed by atoms with Crippen LogP contribution >= 0.6 is 0 Å². The third-order valence-electron chi connectivity index (χ3n) is 5.47. The fraction of sp³-hybridized carbons (Fsp3) is 0.217. The average molecular weight is 447 g/mol. The Balaban J connectivity index is 1.55. The zero-order chi connectivity index (χ0) is 22.9. The molecule has 1 amide bonds. The second-order valence-corrected chi connectivity index (χ2v) is 7.50. The first-order valence-corrected chi connectivity index (χ1v) is 10.3. The molecule has 33 heavy (non-hydrogen) atoms. The van der Waals surface area contributed by atoms with Crippen molar-refractivity contribution in [2.75, 3.05) is 20.5 Å². The van der Waals surface area contributed by atoms with Gasteiger partial charge in [-0.25, -0.2) is 4.98 Å². The van der Waals surface area contributed by atoms with Crippen molar-refractivity contribution in [3.8, 4) is 11.5 Å². The smallest absolute Gasteiger partial charge is 0.267 e. The molecule has 4 aromatic rings. The molecular formula is C23H21N5O5. The Morgan fingerprint density at radius 2 is 2.06 bits per heavy atom. The number of hydrogen-bond acceptors (Lipinski definition) is 7. The van der Waals surface area contributed by atoms with Crippen LogP contribution in [-0.2, 0) is 17.8 Å². The number of benzene rings is 1. The number of amides is 1. The normalized spacial score (nSPS) is 12.4. The van der Waals surface area contributed by atoms with Gasteiger partial charge in [-0.05, 0) is 35.9 Å². The molecule has 2 N–H and O–H groups in total. The summed E-state index contributed by atoms with van der Waals surface area (Å²) in [5.41, 5.74) is 1.33. The van der Waals surface area contributed by atoms with Gasteiger partial charge < -0.3 is 24.1 Å². The van der Waals surface area contributed by atoms with Gasteiger partial charge >= 0.3 is 0 Å². The minimum absolute atomic E-state index is 0.0464. The van der Waals surface area contributed by atoms with Gasteiger partial charge in [0, 0.05) is 26.4 Å². The van der Waals surface area contributed by atoms with E-state index in [0.717, 1.165) is 5.56 Å². The van der Waals surface area contributed by atoms with Crippen molar-refractivity contribution < 1.29 is 19.0 Å². The van der Waals surface area contributed by atoms with Crippen LogP contribution in [0.5, 0.6) is 11.5 Å². The first kappa shape index (κ1) is 20.7. The second-order valence-electron chi connectivity index (χ2n) is 7.50. The standard InChI is InChI=1S/C23H21N5O5/c1-31-9-8-28-20(24)15(11-16-21(28)26-19-4-2-3-7-27(19)23(16)30)22(29)25-12-14-5-6-17-18(10-14)33-13-32-17/h2-7,10-11,24H,8-9,12-13H2,1H3,(H,25,29). The van der Waals surface area contributed by atoms with Crippen LogP contribution in [0, 0.1) is 5.41 Å². The number of pyridine rings is 2. The summed E-state index contributed by atoms with van der Waals surface area (Å²) in [6.45, 7) is 0.957. The van der Waals surface area contributed by atoms with E-state index in [9.17, 15) is 9.59 Å². The summed E-state index contributed by atoms with van der Waals surface area (Å²) < 4.78 is 18.8. The van der Waals surface area contributed by atoms with Gasteiger partial charge in [0.1, 0.15) is 16.8 Å². The highest BCUT2D eigenvalue weighted by molar-refractivity contribution is 5.96. The molecule has 168 valence electrons. The summed E-state index contributed by atoms with van der Waals surface area (Å²) in [7, 11) is 1.55. The molecule has 1 aliphatic rings. The van der Waals surface area contributed by atoms with Crippen LogP contribution in [0.25, 0.3) is 16.7 Å². The molecule has 5 rings (SSSR count). The number of carbonyl (C=O) groups is 1. The summed E-state index contributed by atoms with van der Waals surface area (Å²) in [6.07, 6.45) is 1.62. The maximum atomic E-state index is 13.1. The molecule has 0 unspecified atom stereocenters. The van der Waals surface area contributed by atoms with Gasteiger partial charge in [-0.15, -0.1) is 0 Å². The Morgan fingerprint density at radius 1 is 1.21 bits per heavy atom. The molecule has 0 bridgehead atoms. The van der Waals surface area contributed by atoms with E-state index in [1.807, 2.05) is 6.07 Å². The third kappa shape index (κ3) is 3.70. The number of nitrogens with one attached hydrogen (secondary N) is 2. The molecular weight excluding hydrogens is 426 g/mol. The zero-order valence-corrected chi connectivity index (χ0v) is 17.8. The largest absolute Gasteiger partial charge is 0.454 e. The lowest BCUT2D eigenvalue weighted by molar-refractivity contribution is 0.0948. The molecule has 3 aromatic heterocycles. The van der Waals surface area contributed by atoms with Gasteiger partial charge in [0.25, 0.3) is 11.5 Å². The molecule has 0 radical (unpaired) electrons. The Kier molecular flexibility index (Phi) is 5.27. The van der Waals surface area contributed by atoms with E-state index in [2.05, 4.69) is 10.3 Å². The van der Waals surface area contributed by atoms with E-state index in [4.69, 9.17) is 19.6 Å². The first-order valence-electron chi connectivity index (χ1n) is 10.3. The van der Waals surface area contributed by atoms with Crippen LogP contribution in [0.3, 0.4) is 0 Å². The van der Waals surface area contributed by atoms with E-state index in [0.29, 0.717) is 29.4 Å². The molecule has 0 saturated heterocycles. The SMILES string of the molecule is COCCn1c(=N)c(C(=O)NCc2ccc3c(c2)OCO3)cc2c(=O)n3ccccc3nc21. The molecule has 0 aliphatic carbocycles. The van der Waals surface area contributed by atoms with Crippen LogP contribution in [0.4, 0.5) is 0 Å². The molecule has 1 aliphatic heterocycles. The lowest BCUT2D eigenvalue weighted by atomic mass is 10.1. The van der Waals surface area contributed by atoms with Crippen LogP contribution in [0.1, 0.15) is 15.9 Å². The number of rotatable bonds is 6. The molecule has 1 aromatic carbocycles. The Labute approximate surface area is 187 Å². The number of carbonyl (C=O) groups excluding carboxylic acids is 1. The number of nitrogens with zero attached hydrogens (tertiary/aromatic N) is 3. The number of aromatic nitrogens is 3. The van der Waals surface area contributed by atoms with E-state index in [1.54, 1.807) is 43.6 Å². The highest BCUT2D eigenvalue weighted by Crippen LogP contribution is 2.32. The molecule has 10 heteroatoms. The number of fused-ring (bicyclic) bond motifs is 3. The predicted octanol–water partition coefficient (Wildman–Crippen LogP) is 1.43. The molecule has 0 saturated carbocycles. The van der Waals surface area contributed by atoms with Crippen molar-refractivity contribution in [1.29, 1.82) is 5.41 Å². The summed E-state index contributed by atoms with van der Waals surface area (Å²) in [5.74, 6) is 0.813. The van der Waals surface area contributed by atoms with Gasteiger partial charge in [0.15, 0.2) is 11.5 Å². The maximum Gasteiger partial charge on any atom is 0.267 e. The minimum atomic E-state index is -0.469. The van der Waals surface area contributed by atoms with Crippen LogP contribution in [0.2, 0.25) is 0 Å².